The second-order valence-electron chi connectivity index (χ2n) is 4.30. The van der Waals surface area contributed by atoms with Crippen molar-refractivity contribution in [2.45, 2.75) is 51.6 Å². The van der Waals surface area contributed by atoms with E-state index in [1.54, 1.807) is 5.57 Å². The van der Waals surface area contributed by atoms with Crippen LogP contribution in [0.3, 0.4) is 0 Å². The summed E-state index contributed by atoms with van der Waals surface area (Å²) in [7, 11) is 0. The number of hydrogen-bond donors (Lipinski definition) is 1. The molecule has 0 aromatic carbocycles. The smallest absolute Gasteiger partial charge is 0.0778 e. The lowest BCUT2D eigenvalue weighted by atomic mass is 9.76. The summed E-state index contributed by atoms with van der Waals surface area (Å²) in [5.41, 5.74) is 2.99. The van der Waals surface area contributed by atoms with Gasteiger partial charge >= 0.3 is 0 Å². The third-order valence-electron chi connectivity index (χ3n) is 3.43. The van der Waals surface area contributed by atoms with Crippen LogP contribution in [0.1, 0.15) is 45.4 Å². The van der Waals surface area contributed by atoms with Gasteiger partial charge in [-0.3, -0.25) is 0 Å². The highest BCUT2D eigenvalue weighted by molar-refractivity contribution is 5.24. The normalized spacial score (nSPS) is 36.5. The topological polar surface area (TPSA) is 20.2 Å². The molecular formula is C11H18O. The van der Waals surface area contributed by atoms with Gasteiger partial charge in [0.15, 0.2) is 0 Å². The number of rotatable bonds is 0. The van der Waals surface area contributed by atoms with E-state index in [4.69, 9.17) is 0 Å². The van der Waals surface area contributed by atoms with Crippen LogP contribution in [0, 0.1) is 5.92 Å². The van der Waals surface area contributed by atoms with E-state index in [0.717, 1.165) is 0 Å². The number of aliphatic hydroxyl groups is 1. The Morgan fingerprint density at radius 1 is 1.17 bits per heavy atom. The van der Waals surface area contributed by atoms with Gasteiger partial charge in [0.05, 0.1) is 6.10 Å². The Hall–Kier alpha value is -0.300. The van der Waals surface area contributed by atoms with E-state index >= 15 is 0 Å². The maximum atomic E-state index is 9.91. The van der Waals surface area contributed by atoms with E-state index in [1.807, 2.05) is 0 Å². The molecule has 1 unspecified atom stereocenters. The fraction of sp³-hybridized carbons (Fsp3) is 0.818. The predicted molar refractivity (Wildman–Crippen MR) is 49.9 cm³/mol. The molecule has 1 nitrogen and oxygen atoms in total. The van der Waals surface area contributed by atoms with Crippen molar-refractivity contribution in [2.75, 3.05) is 0 Å². The van der Waals surface area contributed by atoms with Crippen LogP contribution < -0.4 is 0 Å². The molecule has 1 heteroatoms. The first kappa shape index (κ1) is 8.31. The minimum absolute atomic E-state index is 0.103. The fourth-order valence-electron chi connectivity index (χ4n) is 2.54. The van der Waals surface area contributed by atoms with Crippen LogP contribution >= 0.6 is 0 Å². The lowest BCUT2D eigenvalue weighted by molar-refractivity contribution is 0.128. The molecule has 0 aliphatic heterocycles. The van der Waals surface area contributed by atoms with Crippen molar-refractivity contribution in [3.63, 3.8) is 0 Å². The molecule has 0 spiro atoms. The Kier molecular flexibility index (Phi) is 2.22. The molecule has 0 saturated carbocycles. The zero-order chi connectivity index (χ0) is 8.55. The first-order valence-electron chi connectivity index (χ1n) is 5.18. The van der Waals surface area contributed by atoms with E-state index in [1.165, 1.54) is 44.1 Å². The van der Waals surface area contributed by atoms with E-state index in [-0.39, 0.29) is 6.10 Å². The molecule has 1 N–H and O–H groups in total. The van der Waals surface area contributed by atoms with Crippen molar-refractivity contribution in [3.05, 3.63) is 11.1 Å². The van der Waals surface area contributed by atoms with Gasteiger partial charge in [-0.15, -0.1) is 0 Å². The van der Waals surface area contributed by atoms with Crippen LogP contribution in [-0.4, -0.2) is 11.2 Å². The monoisotopic (exact) mass is 166 g/mol. The van der Waals surface area contributed by atoms with Crippen molar-refractivity contribution in [3.8, 4) is 0 Å². The summed E-state index contributed by atoms with van der Waals surface area (Å²) in [6.45, 7) is 2.17. The molecule has 0 aromatic rings. The molecule has 2 aliphatic rings. The van der Waals surface area contributed by atoms with E-state index < -0.39 is 0 Å². The molecule has 0 radical (unpaired) electrons. The Balaban J connectivity index is 2.22. The summed E-state index contributed by atoms with van der Waals surface area (Å²) in [5, 5.41) is 9.91. The molecule has 0 saturated heterocycles. The van der Waals surface area contributed by atoms with E-state index in [2.05, 4.69) is 6.92 Å². The van der Waals surface area contributed by atoms with Gasteiger partial charge in [-0.25, -0.2) is 0 Å². The van der Waals surface area contributed by atoms with Gasteiger partial charge in [-0.2, -0.15) is 0 Å². The Bertz CT molecular complexity index is 205. The summed E-state index contributed by atoms with van der Waals surface area (Å²) in [5.74, 6) is 0.502. The maximum Gasteiger partial charge on any atom is 0.0778 e. The van der Waals surface area contributed by atoms with Crippen molar-refractivity contribution >= 4 is 0 Å². The predicted octanol–water partition coefficient (Wildman–Crippen LogP) is 2.65. The molecular weight excluding hydrogens is 148 g/mol. The van der Waals surface area contributed by atoms with Crippen LogP contribution in [0.2, 0.25) is 0 Å². The molecule has 2 aliphatic carbocycles. The summed E-state index contributed by atoms with van der Waals surface area (Å²) in [6, 6.07) is 0. The largest absolute Gasteiger partial charge is 0.388 e. The van der Waals surface area contributed by atoms with Crippen LogP contribution in [-0.2, 0) is 0 Å². The molecule has 0 bridgehead atoms. The molecule has 2 atom stereocenters. The highest BCUT2D eigenvalue weighted by Crippen LogP contribution is 2.37. The average Bonchev–Trinajstić information content (AvgIpc) is 2.12. The molecule has 12 heavy (non-hydrogen) atoms. The Morgan fingerprint density at radius 3 is 2.75 bits per heavy atom. The van der Waals surface area contributed by atoms with Crippen molar-refractivity contribution < 1.29 is 5.11 Å². The molecule has 0 aromatic heterocycles. The number of allylic oxidation sites excluding steroid dienone is 1. The molecule has 68 valence electrons. The van der Waals surface area contributed by atoms with Crippen LogP contribution in [0.15, 0.2) is 11.1 Å². The number of aliphatic hydroxyl groups excluding tert-OH is 1. The van der Waals surface area contributed by atoms with Gasteiger partial charge in [-0.05, 0) is 50.0 Å². The van der Waals surface area contributed by atoms with Gasteiger partial charge in [0, 0.05) is 0 Å². The summed E-state index contributed by atoms with van der Waals surface area (Å²) in [4.78, 5) is 0. The zero-order valence-electron chi connectivity index (χ0n) is 7.84. The van der Waals surface area contributed by atoms with Gasteiger partial charge < -0.3 is 5.11 Å². The highest BCUT2D eigenvalue weighted by atomic mass is 16.3. The van der Waals surface area contributed by atoms with Crippen molar-refractivity contribution in [1.82, 2.24) is 0 Å². The zero-order valence-corrected chi connectivity index (χ0v) is 7.84. The molecule has 0 fully saturated rings. The highest BCUT2D eigenvalue weighted by Gasteiger charge is 2.27. The van der Waals surface area contributed by atoms with Crippen LogP contribution in [0.4, 0.5) is 0 Å². The van der Waals surface area contributed by atoms with Gasteiger partial charge in [0.25, 0.3) is 0 Å². The minimum atomic E-state index is -0.103. The van der Waals surface area contributed by atoms with Crippen LogP contribution in [0.25, 0.3) is 0 Å². The third-order valence-corrected chi connectivity index (χ3v) is 3.43. The van der Waals surface area contributed by atoms with Gasteiger partial charge in [0.2, 0.25) is 0 Å². The first-order chi connectivity index (χ1) is 5.79. The standard InChI is InChI=1S/C11H18O/c1-8-6-7-9-4-2-3-5-10(9)11(8)12/h8,11-12H,2-7H2,1H3/t8?,11-/m0/s1. The number of hydrogen-bond acceptors (Lipinski definition) is 1. The summed E-state index contributed by atoms with van der Waals surface area (Å²) < 4.78 is 0. The van der Waals surface area contributed by atoms with E-state index in [0.29, 0.717) is 5.92 Å². The second-order valence-corrected chi connectivity index (χ2v) is 4.30. The third kappa shape index (κ3) is 1.31. The van der Waals surface area contributed by atoms with Gasteiger partial charge in [0.1, 0.15) is 0 Å². The molecule has 0 amide bonds. The summed E-state index contributed by atoms with van der Waals surface area (Å²) in [6.07, 6.45) is 7.42. The van der Waals surface area contributed by atoms with Gasteiger partial charge in [-0.1, -0.05) is 12.5 Å². The lowest BCUT2D eigenvalue weighted by Gasteiger charge is -2.33. The quantitative estimate of drug-likeness (QED) is 0.548. The van der Waals surface area contributed by atoms with Crippen molar-refractivity contribution in [2.24, 2.45) is 5.92 Å². The maximum absolute atomic E-state index is 9.91. The second kappa shape index (κ2) is 3.21. The Labute approximate surface area is 74.5 Å². The molecule has 0 heterocycles. The molecule has 2 rings (SSSR count). The average molecular weight is 166 g/mol. The minimum Gasteiger partial charge on any atom is -0.388 e. The van der Waals surface area contributed by atoms with Crippen molar-refractivity contribution in [1.29, 1.82) is 0 Å². The summed E-state index contributed by atoms with van der Waals surface area (Å²) >= 11 is 0. The first-order valence-corrected chi connectivity index (χ1v) is 5.18. The lowest BCUT2D eigenvalue weighted by Crippen LogP contribution is -2.27. The SMILES string of the molecule is CC1CCC2=C(CCCC2)[C@H]1O. The van der Waals surface area contributed by atoms with Crippen LogP contribution in [0.5, 0.6) is 0 Å². The fourth-order valence-corrected chi connectivity index (χ4v) is 2.54. The Morgan fingerprint density at radius 2 is 1.92 bits per heavy atom. The van der Waals surface area contributed by atoms with E-state index in [9.17, 15) is 5.11 Å².